The molecule has 56 heavy (non-hydrogen) atoms. The summed E-state index contributed by atoms with van der Waals surface area (Å²) in [4.78, 5) is 33.3. The van der Waals surface area contributed by atoms with Gasteiger partial charge >= 0.3 is 6.09 Å². The van der Waals surface area contributed by atoms with Crippen molar-refractivity contribution in [3.63, 3.8) is 0 Å². The molecule has 0 spiro atoms. The van der Waals surface area contributed by atoms with E-state index in [1.54, 1.807) is 4.90 Å². The normalized spacial score (nSPS) is 14.8. The molecule has 1 saturated heterocycles. The average Bonchev–Trinajstić information content (AvgIpc) is 3.88. The van der Waals surface area contributed by atoms with E-state index in [0.29, 0.717) is 41.4 Å². The maximum Gasteiger partial charge on any atom is 0.410 e. The zero-order valence-corrected chi connectivity index (χ0v) is 32.1. The summed E-state index contributed by atoms with van der Waals surface area (Å²) in [6, 6.07) is 42.4. The molecule has 1 fully saturated rings. The van der Waals surface area contributed by atoms with Crippen LogP contribution in [0.5, 0.6) is 0 Å². The highest BCUT2D eigenvalue weighted by atomic mass is 35.5. The standard InChI is InChI=1S/C45H41ClN6O4/c1-44(2,3)56-43(54)51-25-13-14-32(28-51)42(53)48-41-37-26-30(36-27-31(21-23-38(36)46)40-47-29-55-50-40)22-24-39(37)52(49-41)45(33-15-7-4-8-16-33,34-17-9-5-10-18-34)35-19-11-6-12-20-35/h4-12,15-24,26-27,29,32H,13-14,25,28H2,1-3H3,(H,48,49,53)/t32-/m1/s1. The lowest BCUT2D eigenvalue weighted by Crippen LogP contribution is -2.45. The van der Waals surface area contributed by atoms with Crippen molar-refractivity contribution in [1.82, 2.24) is 24.8 Å². The summed E-state index contributed by atoms with van der Waals surface area (Å²) in [5.41, 5.74) is 4.44. The van der Waals surface area contributed by atoms with Gasteiger partial charge < -0.3 is 19.5 Å². The van der Waals surface area contributed by atoms with E-state index in [0.717, 1.165) is 38.9 Å². The Labute approximate surface area is 330 Å². The molecular formula is C45H41ClN6O4. The van der Waals surface area contributed by atoms with Crippen LogP contribution in [0.15, 0.2) is 138 Å². The number of rotatable bonds is 8. The fourth-order valence-electron chi connectivity index (χ4n) is 7.62. The molecule has 0 saturated carbocycles. The number of hydrogen-bond donors (Lipinski definition) is 1. The summed E-state index contributed by atoms with van der Waals surface area (Å²) in [5.74, 6) is 0.134. The van der Waals surface area contributed by atoms with Crippen molar-refractivity contribution in [3.05, 3.63) is 156 Å². The molecule has 2 aromatic heterocycles. The number of anilines is 1. The second-order valence-electron chi connectivity index (χ2n) is 15.0. The lowest BCUT2D eigenvalue weighted by atomic mass is 9.77. The first-order valence-electron chi connectivity index (χ1n) is 18.7. The fraction of sp³-hybridized carbons (Fsp3) is 0.222. The van der Waals surface area contributed by atoms with E-state index in [9.17, 15) is 9.59 Å². The van der Waals surface area contributed by atoms with Gasteiger partial charge in [0.25, 0.3) is 0 Å². The Morgan fingerprint density at radius 2 is 1.45 bits per heavy atom. The summed E-state index contributed by atoms with van der Waals surface area (Å²) in [5, 5.41) is 13.8. The van der Waals surface area contributed by atoms with Gasteiger partial charge in [0.05, 0.1) is 11.4 Å². The second-order valence-corrected chi connectivity index (χ2v) is 15.4. The molecule has 8 rings (SSSR count). The Morgan fingerprint density at radius 3 is 2.04 bits per heavy atom. The van der Waals surface area contributed by atoms with E-state index in [1.165, 1.54) is 6.39 Å². The number of carbonyl (C=O) groups excluding carboxylic acids is 2. The molecule has 1 aliphatic rings. The number of amides is 2. The SMILES string of the molecule is CC(C)(C)OC(=O)N1CCC[C@@H](C(=O)Nc2nn(C(c3ccccc3)(c3ccccc3)c3ccccc3)c3ccc(-c4cc(-c5ncon5)ccc4Cl)cc23)C1. The maximum absolute atomic E-state index is 14.3. The summed E-state index contributed by atoms with van der Waals surface area (Å²) in [7, 11) is 0. The van der Waals surface area contributed by atoms with Crippen LogP contribution in [0, 0.1) is 5.92 Å². The van der Waals surface area contributed by atoms with Crippen molar-refractivity contribution in [3.8, 4) is 22.5 Å². The van der Waals surface area contributed by atoms with Crippen molar-refractivity contribution < 1.29 is 18.8 Å². The third kappa shape index (κ3) is 7.04. The molecule has 7 aromatic rings. The molecule has 1 atom stereocenters. The molecule has 0 bridgehead atoms. The number of aromatic nitrogens is 4. The first-order chi connectivity index (χ1) is 27.1. The largest absolute Gasteiger partial charge is 0.444 e. The number of halogens is 1. The molecule has 10 nitrogen and oxygen atoms in total. The minimum absolute atomic E-state index is 0.225. The van der Waals surface area contributed by atoms with Crippen LogP contribution < -0.4 is 5.32 Å². The number of nitrogens with zero attached hydrogens (tertiary/aromatic N) is 5. The Bertz CT molecular complexity index is 2380. The molecule has 1 N–H and O–H groups in total. The molecule has 1 aliphatic heterocycles. The Kier molecular flexibility index (Phi) is 9.90. The summed E-state index contributed by atoms with van der Waals surface area (Å²) in [6.07, 6.45) is 2.16. The van der Waals surface area contributed by atoms with Gasteiger partial charge in [-0.15, -0.1) is 0 Å². The number of ether oxygens (including phenoxy) is 1. The lowest BCUT2D eigenvalue weighted by Gasteiger charge is -2.37. The fourth-order valence-corrected chi connectivity index (χ4v) is 7.85. The highest BCUT2D eigenvalue weighted by molar-refractivity contribution is 6.33. The topological polar surface area (TPSA) is 115 Å². The number of likely N-dealkylation sites (tertiary alicyclic amines) is 1. The first kappa shape index (κ1) is 36.7. The molecular weight excluding hydrogens is 724 g/mol. The van der Waals surface area contributed by atoms with E-state index in [2.05, 4.69) is 51.9 Å². The van der Waals surface area contributed by atoms with Crippen LogP contribution >= 0.6 is 11.6 Å². The van der Waals surface area contributed by atoms with Gasteiger partial charge in [-0.3, -0.25) is 4.79 Å². The summed E-state index contributed by atoms with van der Waals surface area (Å²) in [6.45, 7) is 6.28. The van der Waals surface area contributed by atoms with Gasteiger partial charge in [0.2, 0.25) is 18.1 Å². The molecule has 282 valence electrons. The molecule has 11 heteroatoms. The van der Waals surface area contributed by atoms with E-state index >= 15 is 0 Å². The van der Waals surface area contributed by atoms with Gasteiger partial charge in [0, 0.05) is 34.6 Å². The minimum atomic E-state index is -0.957. The van der Waals surface area contributed by atoms with Crippen molar-refractivity contribution in [1.29, 1.82) is 0 Å². The van der Waals surface area contributed by atoms with Gasteiger partial charge in [-0.05, 0) is 86.2 Å². The van der Waals surface area contributed by atoms with Gasteiger partial charge in [-0.2, -0.15) is 10.1 Å². The predicted octanol–water partition coefficient (Wildman–Crippen LogP) is 9.83. The Hall–Kier alpha value is -6.26. The van der Waals surface area contributed by atoms with Gasteiger partial charge in [-0.1, -0.05) is 114 Å². The van der Waals surface area contributed by atoms with Crippen LogP contribution in [0.4, 0.5) is 10.6 Å². The number of benzene rings is 5. The van der Waals surface area contributed by atoms with E-state index in [1.807, 2.05) is 116 Å². The summed E-state index contributed by atoms with van der Waals surface area (Å²) < 4.78 is 12.7. The molecule has 3 heterocycles. The van der Waals surface area contributed by atoms with Crippen LogP contribution in [0.1, 0.15) is 50.3 Å². The number of piperidine rings is 1. The van der Waals surface area contributed by atoms with Crippen LogP contribution in [0.2, 0.25) is 5.02 Å². The Morgan fingerprint density at radius 1 is 0.821 bits per heavy atom. The third-order valence-corrected chi connectivity index (χ3v) is 10.5. The van der Waals surface area contributed by atoms with Crippen LogP contribution in [-0.2, 0) is 15.1 Å². The van der Waals surface area contributed by atoms with Crippen LogP contribution in [0.25, 0.3) is 33.4 Å². The number of carbonyl (C=O) groups is 2. The quantitative estimate of drug-likeness (QED) is 0.153. The van der Waals surface area contributed by atoms with Crippen molar-refractivity contribution in [2.75, 3.05) is 18.4 Å². The maximum atomic E-state index is 14.3. The van der Waals surface area contributed by atoms with E-state index in [4.69, 9.17) is 26.0 Å². The van der Waals surface area contributed by atoms with Crippen molar-refractivity contribution >= 4 is 40.3 Å². The lowest BCUT2D eigenvalue weighted by molar-refractivity contribution is -0.121. The molecule has 0 aliphatic carbocycles. The van der Waals surface area contributed by atoms with E-state index in [-0.39, 0.29) is 12.5 Å². The zero-order chi connectivity index (χ0) is 38.9. The number of hydrogen-bond acceptors (Lipinski definition) is 7. The number of nitrogens with one attached hydrogen (secondary N) is 1. The van der Waals surface area contributed by atoms with Gasteiger partial charge in [-0.25, -0.2) is 9.48 Å². The highest BCUT2D eigenvalue weighted by Crippen LogP contribution is 2.44. The monoisotopic (exact) mass is 764 g/mol. The summed E-state index contributed by atoms with van der Waals surface area (Å²) >= 11 is 6.87. The third-order valence-electron chi connectivity index (χ3n) is 10.2. The molecule has 0 radical (unpaired) electrons. The van der Waals surface area contributed by atoms with Gasteiger partial charge in [0.1, 0.15) is 11.1 Å². The second kappa shape index (κ2) is 15.1. The Balaban J connectivity index is 1.31. The van der Waals surface area contributed by atoms with Crippen LogP contribution in [0.3, 0.4) is 0 Å². The zero-order valence-electron chi connectivity index (χ0n) is 31.4. The molecule has 2 amide bonds. The number of fused-ring (bicyclic) bond motifs is 1. The smallest absolute Gasteiger partial charge is 0.410 e. The predicted molar refractivity (Wildman–Crippen MR) is 217 cm³/mol. The van der Waals surface area contributed by atoms with Crippen molar-refractivity contribution in [2.45, 2.75) is 44.8 Å². The highest BCUT2D eigenvalue weighted by Gasteiger charge is 2.41. The van der Waals surface area contributed by atoms with E-state index < -0.39 is 23.2 Å². The molecule has 0 unspecified atom stereocenters. The average molecular weight is 765 g/mol. The first-order valence-corrected chi connectivity index (χ1v) is 19.0. The minimum Gasteiger partial charge on any atom is -0.444 e. The van der Waals surface area contributed by atoms with Crippen molar-refractivity contribution in [2.24, 2.45) is 5.92 Å². The van der Waals surface area contributed by atoms with Gasteiger partial charge in [0.15, 0.2) is 5.82 Å². The molecule has 5 aromatic carbocycles. The van der Waals surface area contributed by atoms with Crippen LogP contribution in [-0.4, -0.2) is 55.5 Å².